The normalized spacial score (nSPS) is 30.4. The molecule has 1 aromatic carbocycles. The predicted octanol–water partition coefficient (Wildman–Crippen LogP) is 2.88. The van der Waals surface area contributed by atoms with Crippen LogP contribution in [-0.2, 0) is 4.74 Å². The van der Waals surface area contributed by atoms with E-state index in [4.69, 9.17) is 4.74 Å². The molecule has 0 spiro atoms. The van der Waals surface area contributed by atoms with E-state index in [1.807, 2.05) is 23.6 Å². The van der Waals surface area contributed by atoms with Crippen molar-refractivity contribution in [3.8, 4) is 0 Å². The SMILES string of the molecule is O=C(N[C@@H]1C[C@H]2CO[C@@H](C3CC3)CN2C1)c1csc2ccccc12. The average molecular weight is 342 g/mol. The molecular weight excluding hydrogens is 320 g/mol. The number of carbonyl (C=O) groups excluding carboxylic acids is 1. The zero-order chi connectivity index (χ0) is 16.1. The summed E-state index contributed by atoms with van der Waals surface area (Å²) in [6.45, 7) is 2.84. The zero-order valence-electron chi connectivity index (χ0n) is 13.6. The van der Waals surface area contributed by atoms with E-state index in [-0.39, 0.29) is 11.9 Å². The monoisotopic (exact) mass is 342 g/mol. The molecule has 3 fully saturated rings. The highest BCUT2D eigenvalue weighted by Gasteiger charge is 2.42. The minimum Gasteiger partial charge on any atom is -0.375 e. The molecule has 3 heterocycles. The van der Waals surface area contributed by atoms with Crippen LogP contribution >= 0.6 is 11.3 Å². The minimum absolute atomic E-state index is 0.0666. The number of thiophene rings is 1. The molecule has 0 bridgehead atoms. The van der Waals surface area contributed by atoms with Gasteiger partial charge in [-0.2, -0.15) is 0 Å². The number of carbonyl (C=O) groups is 1. The van der Waals surface area contributed by atoms with E-state index >= 15 is 0 Å². The van der Waals surface area contributed by atoms with Gasteiger partial charge in [0.2, 0.25) is 0 Å². The molecule has 3 atom stereocenters. The Morgan fingerprint density at radius 2 is 2.12 bits per heavy atom. The first-order chi connectivity index (χ1) is 11.8. The third-order valence-electron chi connectivity index (χ3n) is 5.65. The van der Waals surface area contributed by atoms with E-state index in [1.165, 1.54) is 17.5 Å². The molecule has 0 radical (unpaired) electrons. The number of amides is 1. The quantitative estimate of drug-likeness (QED) is 0.932. The highest BCUT2D eigenvalue weighted by molar-refractivity contribution is 7.17. The van der Waals surface area contributed by atoms with E-state index in [0.717, 1.165) is 43.0 Å². The minimum atomic E-state index is 0.0666. The zero-order valence-corrected chi connectivity index (χ0v) is 14.4. The van der Waals surface area contributed by atoms with Crippen LogP contribution in [0.25, 0.3) is 10.1 Å². The Morgan fingerprint density at radius 3 is 3.00 bits per heavy atom. The Kier molecular flexibility index (Phi) is 3.61. The fourth-order valence-corrected chi connectivity index (χ4v) is 5.12. The summed E-state index contributed by atoms with van der Waals surface area (Å²) in [5, 5.41) is 6.30. The largest absolute Gasteiger partial charge is 0.375 e. The summed E-state index contributed by atoms with van der Waals surface area (Å²) in [5.41, 5.74) is 0.813. The Labute approximate surface area is 145 Å². The fraction of sp³-hybridized carbons (Fsp3) is 0.526. The lowest BCUT2D eigenvalue weighted by molar-refractivity contribution is -0.0581. The molecule has 24 heavy (non-hydrogen) atoms. The van der Waals surface area contributed by atoms with Crippen LogP contribution in [0.5, 0.6) is 0 Å². The van der Waals surface area contributed by atoms with E-state index < -0.39 is 0 Å². The summed E-state index contributed by atoms with van der Waals surface area (Å²) in [4.78, 5) is 15.2. The maximum Gasteiger partial charge on any atom is 0.253 e. The molecular formula is C19H22N2O2S. The lowest BCUT2D eigenvalue weighted by Crippen LogP contribution is -2.47. The molecule has 126 valence electrons. The second kappa shape index (κ2) is 5.83. The first kappa shape index (κ1) is 14.9. The third-order valence-corrected chi connectivity index (χ3v) is 6.62. The highest BCUT2D eigenvalue weighted by atomic mass is 32.1. The van der Waals surface area contributed by atoms with Crippen LogP contribution in [0, 0.1) is 5.92 Å². The predicted molar refractivity (Wildman–Crippen MR) is 95.5 cm³/mol. The van der Waals surface area contributed by atoms with Gasteiger partial charge in [-0.25, -0.2) is 0 Å². The van der Waals surface area contributed by atoms with Gasteiger partial charge in [0.1, 0.15) is 0 Å². The number of fused-ring (bicyclic) bond motifs is 2. The van der Waals surface area contributed by atoms with Crippen molar-refractivity contribution in [1.29, 1.82) is 0 Å². The van der Waals surface area contributed by atoms with Crippen molar-refractivity contribution >= 4 is 27.3 Å². The van der Waals surface area contributed by atoms with Crippen LogP contribution in [-0.4, -0.2) is 48.7 Å². The third kappa shape index (κ3) is 2.65. The first-order valence-corrected chi connectivity index (χ1v) is 9.78. The van der Waals surface area contributed by atoms with Crippen molar-refractivity contribution in [2.24, 2.45) is 5.92 Å². The number of ether oxygens (including phenoxy) is 1. The van der Waals surface area contributed by atoms with Crippen molar-refractivity contribution in [2.45, 2.75) is 37.5 Å². The number of morpholine rings is 1. The molecule has 1 saturated carbocycles. The summed E-state index contributed by atoms with van der Waals surface area (Å²) in [6.07, 6.45) is 4.09. The maximum atomic E-state index is 12.7. The number of benzene rings is 1. The second-order valence-corrected chi connectivity index (χ2v) is 8.28. The van der Waals surface area contributed by atoms with E-state index in [0.29, 0.717) is 12.1 Å². The number of hydrogen-bond donors (Lipinski definition) is 1. The topological polar surface area (TPSA) is 41.6 Å². The molecule has 4 nitrogen and oxygen atoms in total. The van der Waals surface area contributed by atoms with Crippen molar-refractivity contribution in [3.63, 3.8) is 0 Å². The second-order valence-electron chi connectivity index (χ2n) is 7.37. The molecule has 5 heteroatoms. The number of rotatable bonds is 3. The van der Waals surface area contributed by atoms with Gasteiger partial charge in [0, 0.05) is 40.6 Å². The summed E-state index contributed by atoms with van der Waals surface area (Å²) < 4.78 is 7.22. The van der Waals surface area contributed by atoms with Gasteiger partial charge >= 0.3 is 0 Å². The first-order valence-electron chi connectivity index (χ1n) is 8.90. The van der Waals surface area contributed by atoms with Crippen molar-refractivity contribution < 1.29 is 9.53 Å². The van der Waals surface area contributed by atoms with Gasteiger partial charge in [-0.05, 0) is 31.2 Å². The van der Waals surface area contributed by atoms with Gasteiger partial charge in [0.05, 0.1) is 18.3 Å². The lowest BCUT2D eigenvalue weighted by atomic mass is 10.1. The van der Waals surface area contributed by atoms with Gasteiger partial charge < -0.3 is 10.1 Å². The molecule has 1 aliphatic carbocycles. The molecule has 1 aromatic heterocycles. The van der Waals surface area contributed by atoms with Crippen molar-refractivity contribution in [1.82, 2.24) is 10.2 Å². The molecule has 1 N–H and O–H groups in total. The van der Waals surface area contributed by atoms with Crippen LogP contribution in [0.1, 0.15) is 29.6 Å². The number of hydrogen-bond acceptors (Lipinski definition) is 4. The summed E-state index contributed by atoms with van der Waals surface area (Å²) >= 11 is 1.64. The Bertz CT molecular complexity index is 770. The highest BCUT2D eigenvalue weighted by Crippen LogP contribution is 2.38. The Hall–Kier alpha value is -1.43. The standard InChI is InChI=1S/C19H22N2O2S/c22-19(16-11-24-18-4-2-1-3-15(16)18)20-13-7-14-10-23-17(12-5-6-12)9-21(14)8-13/h1-4,11-14,17H,5-10H2,(H,20,22)/t13-,14+,17-/m1/s1. The van der Waals surface area contributed by atoms with Crippen molar-refractivity contribution in [2.75, 3.05) is 19.7 Å². The molecule has 2 saturated heterocycles. The van der Waals surface area contributed by atoms with Gasteiger partial charge in [0.15, 0.2) is 0 Å². The Balaban J connectivity index is 1.26. The molecule has 2 aliphatic heterocycles. The summed E-state index contributed by atoms with van der Waals surface area (Å²) in [7, 11) is 0. The molecule has 0 unspecified atom stereocenters. The van der Waals surface area contributed by atoms with Gasteiger partial charge in [0.25, 0.3) is 5.91 Å². The molecule has 5 rings (SSSR count). The van der Waals surface area contributed by atoms with E-state index in [2.05, 4.69) is 16.3 Å². The Morgan fingerprint density at radius 1 is 1.25 bits per heavy atom. The van der Waals surface area contributed by atoms with Crippen molar-refractivity contribution in [3.05, 3.63) is 35.2 Å². The molecule has 1 amide bonds. The number of nitrogens with zero attached hydrogens (tertiary/aromatic N) is 1. The van der Waals surface area contributed by atoms with Crippen LogP contribution < -0.4 is 5.32 Å². The maximum absolute atomic E-state index is 12.7. The van der Waals surface area contributed by atoms with Gasteiger partial charge in [-0.1, -0.05) is 18.2 Å². The van der Waals surface area contributed by atoms with Crippen LogP contribution in [0.2, 0.25) is 0 Å². The van der Waals surface area contributed by atoms with Crippen LogP contribution in [0.3, 0.4) is 0 Å². The molecule has 2 aromatic rings. The van der Waals surface area contributed by atoms with Gasteiger partial charge in [-0.3, -0.25) is 9.69 Å². The van der Waals surface area contributed by atoms with E-state index in [9.17, 15) is 4.79 Å². The van der Waals surface area contributed by atoms with E-state index in [1.54, 1.807) is 11.3 Å². The number of nitrogens with one attached hydrogen (secondary N) is 1. The fourth-order valence-electron chi connectivity index (χ4n) is 4.17. The summed E-state index contributed by atoms with van der Waals surface area (Å²) in [6, 6.07) is 8.84. The summed E-state index contributed by atoms with van der Waals surface area (Å²) in [5.74, 6) is 0.855. The van der Waals surface area contributed by atoms with Gasteiger partial charge in [-0.15, -0.1) is 11.3 Å². The average Bonchev–Trinajstić information content (AvgIpc) is 3.23. The van der Waals surface area contributed by atoms with Crippen LogP contribution in [0.4, 0.5) is 0 Å². The van der Waals surface area contributed by atoms with Crippen LogP contribution in [0.15, 0.2) is 29.6 Å². The smallest absolute Gasteiger partial charge is 0.253 e. The lowest BCUT2D eigenvalue weighted by Gasteiger charge is -2.35. The molecule has 3 aliphatic rings.